The average Bonchev–Trinajstić information content (AvgIpc) is 3.01. The summed E-state index contributed by atoms with van der Waals surface area (Å²) in [5.74, 6) is 0.375. The Labute approximate surface area is 91.1 Å². The third-order valence-corrected chi connectivity index (χ3v) is 1.87. The predicted octanol–water partition coefficient (Wildman–Crippen LogP) is 2.05. The molecule has 3 heterocycles. The van der Waals surface area contributed by atoms with Crippen LogP contribution in [0.5, 0.6) is 0 Å². The zero-order valence-corrected chi connectivity index (χ0v) is 8.33. The van der Waals surface area contributed by atoms with E-state index < -0.39 is 0 Å². The van der Waals surface area contributed by atoms with Crippen LogP contribution >= 0.6 is 0 Å². The number of aldehydes is 1. The van der Waals surface area contributed by atoms with Crippen LogP contribution in [0.15, 0.2) is 47.3 Å². The van der Waals surface area contributed by atoms with Gasteiger partial charge in [-0.3, -0.25) is 9.89 Å². The number of aromatic nitrogens is 3. The molecule has 0 amide bonds. The van der Waals surface area contributed by atoms with Gasteiger partial charge in [0.15, 0.2) is 17.7 Å². The zero-order chi connectivity index (χ0) is 11.2. The van der Waals surface area contributed by atoms with Gasteiger partial charge in [-0.25, -0.2) is 4.98 Å². The maximum atomic E-state index is 9.77. The second-order valence-corrected chi connectivity index (χ2v) is 2.94. The lowest BCUT2D eigenvalue weighted by Gasteiger charge is -1.80. The van der Waals surface area contributed by atoms with E-state index in [0.29, 0.717) is 12.0 Å². The Balaban J connectivity index is 0.000000125. The van der Waals surface area contributed by atoms with Crippen LogP contribution in [0.2, 0.25) is 0 Å². The van der Waals surface area contributed by atoms with E-state index in [9.17, 15) is 4.79 Å². The molecule has 0 aromatic carbocycles. The average molecular weight is 215 g/mol. The van der Waals surface area contributed by atoms with Crippen LogP contribution in [0.25, 0.3) is 11.0 Å². The summed E-state index contributed by atoms with van der Waals surface area (Å²) in [6, 6.07) is 7.13. The minimum absolute atomic E-state index is 0.375. The number of carbonyl (C=O) groups excluding carboxylic acids is 1. The molecule has 0 unspecified atom stereocenters. The Kier molecular flexibility index (Phi) is 3.08. The number of carbonyl (C=O) groups is 1. The van der Waals surface area contributed by atoms with Gasteiger partial charge in [0.05, 0.1) is 12.5 Å². The number of furan rings is 1. The quantitative estimate of drug-likeness (QED) is 0.630. The minimum Gasteiger partial charge on any atom is -0.462 e. The van der Waals surface area contributed by atoms with Crippen LogP contribution in [0.1, 0.15) is 10.6 Å². The fourth-order valence-electron chi connectivity index (χ4n) is 1.14. The minimum atomic E-state index is 0.375. The van der Waals surface area contributed by atoms with Gasteiger partial charge in [0.25, 0.3) is 0 Å². The maximum Gasteiger partial charge on any atom is 0.185 e. The molecule has 0 bridgehead atoms. The maximum absolute atomic E-state index is 9.77. The first-order valence-corrected chi connectivity index (χ1v) is 4.63. The van der Waals surface area contributed by atoms with Crippen LogP contribution in [-0.4, -0.2) is 21.5 Å². The molecule has 3 aromatic rings. The number of hydrogen-bond donors (Lipinski definition) is 1. The normalized spacial score (nSPS) is 9.50. The van der Waals surface area contributed by atoms with Crippen molar-refractivity contribution in [2.24, 2.45) is 0 Å². The van der Waals surface area contributed by atoms with Crippen LogP contribution in [0.4, 0.5) is 0 Å². The molecule has 16 heavy (non-hydrogen) atoms. The topological polar surface area (TPSA) is 71.8 Å². The molecule has 0 atom stereocenters. The summed E-state index contributed by atoms with van der Waals surface area (Å²) in [6.07, 6.45) is 5.62. The van der Waals surface area contributed by atoms with E-state index in [0.717, 1.165) is 11.0 Å². The van der Waals surface area contributed by atoms with Gasteiger partial charge >= 0.3 is 0 Å². The SMILES string of the molecule is O=Cc1ccco1.c1cnc2[nH]ncc2c1. The summed E-state index contributed by atoms with van der Waals surface area (Å²) in [5.41, 5.74) is 0.845. The molecular weight excluding hydrogens is 206 g/mol. The molecule has 0 fully saturated rings. The fourth-order valence-corrected chi connectivity index (χ4v) is 1.14. The number of rotatable bonds is 1. The Hall–Kier alpha value is -2.43. The number of pyridine rings is 1. The summed E-state index contributed by atoms with van der Waals surface area (Å²) in [4.78, 5) is 13.8. The van der Waals surface area contributed by atoms with Crippen molar-refractivity contribution in [1.29, 1.82) is 0 Å². The largest absolute Gasteiger partial charge is 0.462 e. The summed E-state index contributed by atoms with van der Waals surface area (Å²) in [7, 11) is 0. The van der Waals surface area contributed by atoms with Crippen molar-refractivity contribution in [1.82, 2.24) is 15.2 Å². The second kappa shape index (κ2) is 4.88. The van der Waals surface area contributed by atoms with E-state index in [2.05, 4.69) is 19.6 Å². The standard InChI is InChI=1S/C6H5N3.C5H4O2/c1-2-5-4-8-9-6(5)7-3-1;6-4-5-2-1-3-7-5/h1-4H,(H,7,8,9);1-4H. The number of H-pyrrole nitrogens is 1. The molecule has 0 aliphatic carbocycles. The first kappa shape index (κ1) is 10.1. The molecule has 0 saturated carbocycles. The van der Waals surface area contributed by atoms with Crippen LogP contribution in [0, 0.1) is 0 Å². The van der Waals surface area contributed by atoms with Crippen molar-refractivity contribution in [2.45, 2.75) is 0 Å². The lowest BCUT2D eigenvalue weighted by Crippen LogP contribution is -1.71. The zero-order valence-electron chi connectivity index (χ0n) is 8.33. The third-order valence-electron chi connectivity index (χ3n) is 1.87. The summed E-state index contributed by atoms with van der Waals surface area (Å²) in [5, 5.41) is 7.63. The summed E-state index contributed by atoms with van der Waals surface area (Å²) in [6.45, 7) is 0. The van der Waals surface area contributed by atoms with Gasteiger partial charge in [-0.15, -0.1) is 0 Å². The van der Waals surface area contributed by atoms with E-state index in [1.165, 1.54) is 6.26 Å². The van der Waals surface area contributed by atoms with Gasteiger partial charge in [0, 0.05) is 11.6 Å². The van der Waals surface area contributed by atoms with Crippen molar-refractivity contribution in [3.63, 3.8) is 0 Å². The van der Waals surface area contributed by atoms with Crippen molar-refractivity contribution in [3.8, 4) is 0 Å². The van der Waals surface area contributed by atoms with Gasteiger partial charge in [0.2, 0.25) is 0 Å². The molecule has 0 saturated heterocycles. The van der Waals surface area contributed by atoms with E-state index in [1.54, 1.807) is 24.5 Å². The lowest BCUT2D eigenvalue weighted by molar-refractivity contribution is 0.110. The predicted molar refractivity (Wildman–Crippen MR) is 58.0 cm³/mol. The van der Waals surface area contributed by atoms with Gasteiger partial charge in [-0.2, -0.15) is 5.10 Å². The van der Waals surface area contributed by atoms with Crippen LogP contribution < -0.4 is 0 Å². The van der Waals surface area contributed by atoms with Crippen LogP contribution in [0.3, 0.4) is 0 Å². The Morgan fingerprint density at radius 1 is 1.31 bits per heavy atom. The first-order chi connectivity index (χ1) is 7.90. The third kappa shape index (κ3) is 2.33. The highest BCUT2D eigenvalue weighted by Crippen LogP contribution is 2.03. The van der Waals surface area contributed by atoms with E-state index in [-0.39, 0.29) is 0 Å². The van der Waals surface area contributed by atoms with Gasteiger partial charge in [-0.05, 0) is 24.3 Å². The summed E-state index contributed by atoms with van der Waals surface area (Å²) >= 11 is 0. The van der Waals surface area contributed by atoms with Crippen molar-refractivity contribution in [2.75, 3.05) is 0 Å². The monoisotopic (exact) mass is 215 g/mol. The van der Waals surface area contributed by atoms with Gasteiger partial charge in [-0.1, -0.05) is 0 Å². The lowest BCUT2D eigenvalue weighted by atomic mass is 10.4. The Morgan fingerprint density at radius 2 is 2.25 bits per heavy atom. The van der Waals surface area contributed by atoms with Crippen molar-refractivity contribution >= 4 is 17.3 Å². The smallest absolute Gasteiger partial charge is 0.185 e. The molecule has 0 spiro atoms. The molecule has 3 rings (SSSR count). The van der Waals surface area contributed by atoms with E-state index in [1.807, 2.05) is 12.1 Å². The molecule has 1 N–H and O–H groups in total. The number of hydrogen-bond acceptors (Lipinski definition) is 4. The van der Waals surface area contributed by atoms with Gasteiger partial charge < -0.3 is 4.42 Å². The molecular formula is C11H9N3O2. The Bertz CT molecular complexity index is 527. The second-order valence-electron chi connectivity index (χ2n) is 2.94. The van der Waals surface area contributed by atoms with Crippen molar-refractivity contribution < 1.29 is 9.21 Å². The van der Waals surface area contributed by atoms with Crippen LogP contribution in [-0.2, 0) is 0 Å². The highest BCUT2D eigenvalue weighted by molar-refractivity contribution is 5.72. The van der Waals surface area contributed by atoms with E-state index in [4.69, 9.17) is 0 Å². The van der Waals surface area contributed by atoms with E-state index >= 15 is 0 Å². The number of aromatic amines is 1. The highest BCUT2D eigenvalue weighted by Gasteiger charge is 1.89. The molecule has 5 heteroatoms. The fraction of sp³-hybridized carbons (Fsp3) is 0. The van der Waals surface area contributed by atoms with Gasteiger partial charge in [0.1, 0.15) is 0 Å². The highest BCUT2D eigenvalue weighted by atomic mass is 16.3. The molecule has 5 nitrogen and oxygen atoms in total. The molecule has 0 radical (unpaired) electrons. The number of nitrogens with zero attached hydrogens (tertiary/aromatic N) is 2. The number of nitrogens with one attached hydrogen (secondary N) is 1. The Morgan fingerprint density at radius 3 is 2.88 bits per heavy atom. The molecule has 3 aromatic heterocycles. The first-order valence-electron chi connectivity index (χ1n) is 4.63. The molecule has 80 valence electrons. The molecule has 0 aliphatic rings. The summed E-state index contributed by atoms with van der Waals surface area (Å²) < 4.78 is 4.61. The molecule has 0 aliphatic heterocycles. The van der Waals surface area contributed by atoms with Crippen molar-refractivity contribution in [3.05, 3.63) is 48.7 Å². The number of fused-ring (bicyclic) bond motifs is 1.